The fourth-order valence-electron chi connectivity index (χ4n) is 4.57. The Morgan fingerprint density at radius 2 is 1.82 bits per heavy atom. The number of methoxy groups -OCH3 is 1. The highest BCUT2D eigenvalue weighted by atomic mass is 19.1. The number of aliphatic hydroxyl groups is 1. The second-order valence-corrected chi connectivity index (χ2v) is 8.53. The molecule has 4 rings (SSSR count). The van der Waals surface area contributed by atoms with Gasteiger partial charge in [-0.2, -0.15) is 0 Å². The zero-order valence-corrected chi connectivity index (χ0v) is 19.4. The van der Waals surface area contributed by atoms with Crippen LogP contribution in [0.3, 0.4) is 0 Å². The van der Waals surface area contributed by atoms with Gasteiger partial charge in [-0.15, -0.1) is 0 Å². The van der Waals surface area contributed by atoms with Gasteiger partial charge in [0, 0.05) is 31.7 Å². The molecule has 2 aliphatic heterocycles. The molecule has 7 nitrogen and oxygen atoms in total. The Balaban J connectivity index is 1.69. The lowest BCUT2D eigenvalue weighted by molar-refractivity contribution is -0.140. The normalized spacial score (nSPS) is 20.7. The van der Waals surface area contributed by atoms with E-state index in [1.165, 1.54) is 17.0 Å². The quantitative estimate of drug-likeness (QED) is 0.382. The molecule has 0 aromatic heterocycles. The number of hydrogen-bond acceptors (Lipinski definition) is 6. The number of ketones is 1. The van der Waals surface area contributed by atoms with E-state index in [-0.39, 0.29) is 11.3 Å². The fraction of sp³-hybridized carbons (Fsp3) is 0.385. The summed E-state index contributed by atoms with van der Waals surface area (Å²) in [5, 5.41) is 11.2. The van der Waals surface area contributed by atoms with E-state index in [2.05, 4.69) is 4.90 Å². The van der Waals surface area contributed by atoms with Crippen molar-refractivity contribution in [2.45, 2.75) is 19.4 Å². The summed E-state index contributed by atoms with van der Waals surface area (Å²) in [6.07, 6.45) is 0.659. The first-order valence-electron chi connectivity index (χ1n) is 11.4. The minimum Gasteiger partial charge on any atom is -0.507 e. The first-order valence-corrected chi connectivity index (χ1v) is 11.4. The zero-order chi connectivity index (χ0) is 24.2. The van der Waals surface area contributed by atoms with E-state index in [1.807, 2.05) is 0 Å². The van der Waals surface area contributed by atoms with Crippen LogP contribution < -0.4 is 4.74 Å². The van der Waals surface area contributed by atoms with Crippen molar-refractivity contribution in [1.82, 2.24) is 9.80 Å². The summed E-state index contributed by atoms with van der Waals surface area (Å²) in [6.45, 7) is 5.92. The van der Waals surface area contributed by atoms with Crippen LogP contribution in [0.5, 0.6) is 5.75 Å². The SMILES string of the molecule is COc1ccc(/C(O)=C2/C(=O)C(=O)N(CCCN3CCOCC3)C2c2ccc(F)cc2)c(C)c1. The van der Waals surface area contributed by atoms with E-state index in [9.17, 15) is 19.1 Å². The highest BCUT2D eigenvalue weighted by Crippen LogP contribution is 2.40. The molecular formula is C26H29FN2O5. The molecular weight excluding hydrogens is 439 g/mol. The average molecular weight is 469 g/mol. The largest absolute Gasteiger partial charge is 0.507 e. The summed E-state index contributed by atoms with van der Waals surface area (Å²) in [5.41, 5.74) is 1.73. The third-order valence-electron chi connectivity index (χ3n) is 6.39. The number of nitrogens with zero attached hydrogens (tertiary/aromatic N) is 2. The maximum Gasteiger partial charge on any atom is 0.295 e. The molecule has 0 spiro atoms. The first-order chi connectivity index (χ1) is 16.4. The summed E-state index contributed by atoms with van der Waals surface area (Å²) < 4.78 is 24.3. The molecule has 1 amide bonds. The van der Waals surface area contributed by atoms with Crippen LogP contribution in [0.15, 0.2) is 48.0 Å². The number of aryl methyl sites for hydroxylation is 1. The van der Waals surface area contributed by atoms with Crippen LogP contribution >= 0.6 is 0 Å². The Labute approximate surface area is 198 Å². The van der Waals surface area contributed by atoms with Crippen molar-refractivity contribution in [3.05, 3.63) is 70.5 Å². The van der Waals surface area contributed by atoms with E-state index in [1.54, 1.807) is 44.4 Å². The van der Waals surface area contributed by atoms with E-state index in [0.29, 0.717) is 48.6 Å². The van der Waals surface area contributed by atoms with Crippen LogP contribution in [0.2, 0.25) is 0 Å². The molecule has 1 unspecified atom stereocenters. The number of Topliss-reactive ketones (excluding diaryl/α,β-unsaturated/α-hetero) is 1. The molecule has 34 heavy (non-hydrogen) atoms. The maximum atomic E-state index is 13.6. The molecule has 0 bridgehead atoms. The van der Waals surface area contributed by atoms with Crippen molar-refractivity contribution >= 4 is 17.4 Å². The number of aliphatic hydroxyl groups excluding tert-OH is 1. The third kappa shape index (κ3) is 4.83. The number of rotatable bonds is 7. The lowest BCUT2D eigenvalue weighted by Gasteiger charge is -2.29. The van der Waals surface area contributed by atoms with Crippen LogP contribution in [0.25, 0.3) is 5.76 Å². The van der Waals surface area contributed by atoms with Gasteiger partial charge >= 0.3 is 0 Å². The zero-order valence-electron chi connectivity index (χ0n) is 19.4. The second kappa shape index (κ2) is 10.4. The van der Waals surface area contributed by atoms with Gasteiger partial charge in [0.15, 0.2) is 0 Å². The van der Waals surface area contributed by atoms with E-state index < -0.39 is 23.5 Å². The minimum absolute atomic E-state index is 0.0104. The fourth-order valence-corrected chi connectivity index (χ4v) is 4.57. The van der Waals surface area contributed by atoms with E-state index in [4.69, 9.17) is 9.47 Å². The molecule has 8 heteroatoms. The number of carbonyl (C=O) groups is 2. The molecule has 2 aromatic carbocycles. The molecule has 2 fully saturated rings. The van der Waals surface area contributed by atoms with Crippen LogP contribution in [-0.4, -0.2) is 73.1 Å². The molecule has 2 aliphatic rings. The van der Waals surface area contributed by atoms with Crippen molar-refractivity contribution < 1.29 is 28.6 Å². The average Bonchev–Trinajstić information content (AvgIpc) is 3.09. The highest BCUT2D eigenvalue weighted by Gasteiger charge is 2.46. The minimum atomic E-state index is -0.799. The van der Waals surface area contributed by atoms with Crippen LogP contribution in [0, 0.1) is 12.7 Å². The Morgan fingerprint density at radius 3 is 2.47 bits per heavy atom. The molecule has 2 heterocycles. The molecule has 1 atom stereocenters. The molecule has 1 N–H and O–H groups in total. The number of benzene rings is 2. The Hall–Kier alpha value is -3.23. The Bertz CT molecular complexity index is 1090. The predicted octanol–water partition coefficient (Wildman–Crippen LogP) is 3.29. The molecule has 2 aromatic rings. The van der Waals surface area contributed by atoms with Gasteiger partial charge in [0.25, 0.3) is 11.7 Å². The number of halogens is 1. The first kappa shape index (κ1) is 23.9. The van der Waals surface area contributed by atoms with Gasteiger partial charge in [-0.05, 0) is 54.8 Å². The summed E-state index contributed by atoms with van der Waals surface area (Å²) in [5.74, 6) is -1.45. The van der Waals surface area contributed by atoms with Gasteiger partial charge < -0.3 is 19.5 Å². The highest BCUT2D eigenvalue weighted by molar-refractivity contribution is 6.46. The monoisotopic (exact) mass is 468 g/mol. The van der Waals surface area contributed by atoms with Gasteiger partial charge in [0.1, 0.15) is 17.3 Å². The number of likely N-dealkylation sites (tertiary alicyclic amines) is 1. The molecule has 180 valence electrons. The van der Waals surface area contributed by atoms with Crippen molar-refractivity contribution in [2.75, 3.05) is 46.5 Å². The molecule has 0 aliphatic carbocycles. The summed E-state index contributed by atoms with van der Waals surface area (Å²) >= 11 is 0. The van der Waals surface area contributed by atoms with Crippen molar-refractivity contribution in [1.29, 1.82) is 0 Å². The van der Waals surface area contributed by atoms with Gasteiger partial charge in [-0.3, -0.25) is 14.5 Å². The molecule has 2 saturated heterocycles. The summed E-state index contributed by atoms with van der Waals surface area (Å²) in [7, 11) is 1.55. The third-order valence-corrected chi connectivity index (χ3v) is 6.39. The number of hydrogen-bond donors (Lipinski definition) is 1. The summed E-state index contributed by atoms with van der Waals surface area (Å²) in [4.78, 5) is 30.0. The van der Waals surface area contributed by atoms with Crippen LogP contribution in [0.4, 0.5) is 4.39 Å². The molecule has 0 radical (unpaired) electrons. The van der Waals surface area contributed by atoms with E-state index in [0.717, 1.165) is 19.6 Å². The smallest absolute Gasteiger partial charge is 0.295 e. The predicted molar refractivity (Wildman–Crippen MR) is 125 cm³/mol. The number of carbonyl (C=O) groups excluding carboxylic acids is 2. The topological polar surface area (TPSA) is 79.3 Å². The summed E-state index contributed by atoms with van der Waals surface area (Å²) in [6, 6.07) is 9.99. The van der Waals surface area contributed by atoms with Crippen molar-refractivity contribution in [3.8, 4) is 5.75 Å². The number of amides is 1. The lowest BCUT2D eigenvalue weighted by atomic mass is 9.94. The van der Waals surface area contributed by atoms with E-state index >= 15 is 0 Å². The van der Waals surface area contributed by atoms with Gasteiger partial charge in [-0.25, -0.2) is 4.39 Å². The van der Waals surface area contributed by atoms with Gasteiger partial charge in [0.2, 0.25) is 0 Å². The standard InChI is InChI=1S/C26H29FN2O5/c1-17-16-20(33-2)8-9-21(17)24(30)22-23(18-4-6-19(27)7-5-18)29(26(32)25(22)31)11-3-10-28-12-14-34-15-13-28/h4-9,16,23,30H,3,10-15H2,1-2H3/b24-22-. The Kier molecular flexibility index (Phi) is 7.29. The molecule has 0 saturated carbocycles. The van der Waals surface area contributed by atoms with Crippen molar-refractivity contribution in [3.63, 3.8) is 0 Å². The van der Waals surface area contributed by atoms with Crippen molar-refractivity contribution in [2.24, 2.45) is 0 Å². The second-order valence-electron chi connectivity index (χ2n) is 8.53. The Morgan fingerprint density at radius 1 is 1.12 bits per heavy atom. The van der Waals surface area contributed by atoms with Gasteiger partial charge in [0.05, 0.1) is 31.9 Å². The number of ether oxygens (including phenoxy) is 2. The maximum absolute atomic E-state index is 13.6. The van der Waals surface area contributed by atoms with Gasteiger partial charge in [-0.1, -0.05) is 12.1 Å². The van der Waals surface area contributed by atoms with Crippen LogP contribution in [0.1, 0.15) is 29.2 Å². The number of morpholine rings is 1. The lowest BCUT2D eigenvalue weighted by Crippen LogP contribution is -2.38. The van der Waals surface area contributed by atoms with Crippen LogP contribution in [-0.2, 0) is 14.3 Å².